The number of aromatic nitrogens is 7. The van der Waals surface area contributed by atoms with E-state index in [1.165, 1.54) is 17.2 Å². The van der Waals surface area contributed by atoms with Crippen LogP contribution < -0.4 is 16.6 Å². The number of hydrogen-bond donors (Lipinski definition) is 8. The SMILES string of the molecule is Nc1nc2c(ncn2[C@@H]2O[C@H](COP(O)(=S)O[C@H]3[C@@H](O)[C@H](n4cc5c6c(ncnc64)NCCC5)O[C@@H]3CO)[C@@H](O)[C@H]2O[P+](=O)S)c(=O)n1CCO. The van der Waals surface area contributed by atoms with Crippen LogP contribution in [0.1, 0.15) is 24.4 Å². The van der Waals surface area contributed by atoms with Crippen LogP contribution in [0.4, 0.5) is 11.8 Å². The Morgan fingerprint density at radius 2 is 1.90 bits per heavy atom. The van der Waals surface area contributed by atoms with E-state index in [0.29, 0.717) is 11.5 Å². The number of aryl methyl sites for hydroxylation is 1. The first-order valence-corrected chi connectivity index (χ1v) is 20.5. The summed E-state index contributed by atoms with van der Waals surface area (Å²) in [5, 5.41) is 46.0. The van der Waals surface area contributed by atoms with Crippen molar-refractivity contribution >= 4 is 72.0 Å². The van der Waals surface area contributed by atoms with Gasteiger partial charge in [-0.3, -0.25) is 18.5 Å². The van der Waals surface area contributed by atoms with Crippen LogP contribution in [-0.2, 0) is 52.4 Å². The number of imidazole rings is 1. The molecule has 4 aromatic rings. The molecular formula is C26H34N9O12P2S2+. The third-order valence-electron chi connectivity index (χ3n) is 8.86. The van der Waals surface area contributed by atoms with Crippen molar-refractivity contribution in [3.63, 3.8) is 0 Å². The molecule has 2 unspecified atom stereocenters. The number of aliphatic hydroxyl groups excluding tert-OH is 4. The first kappa shape index (κ1) is 36.6. The van der Waals surface area contributed by atoms with E-state index in [-0.39, 0.29) is 30.3 Å². The number of fused-ring (bicyclic) bond motifs is 1. The molecule has 2 fully saturated rings. The predicted octanol–water partition coefficient (Wildman–Crippen LogP) is -0.930. The summed E-state index contributed by atoms with van der Waals surface area (Å²) in [7, 11) is -2.59. The van der Waals surface area contributed by atoms with Gasteiger partial charge in [-0.2, -0.15) is 4.98 Å². The van der Waals surface area contributed by atoms with Crippen LogP contribution in [-0.4, -0.2) is 122 Å². The Bertz CT molecular complexity index is 2070. The van der Waals surface area contributed by atoms with Crippen LogP contribution in [0.15, 0.2) is 23.6 Å². The van der Waals surface area contributed by atoms with Crippen LogP contribution in [0.5, 0.6) is 0 Å². The Balaban J connectivity index is 1.08. The number of nitrogens with one attached hydrogen (secondary N) is 1. The molecule has 7 rings (SSSR count). The molecule has 0 spiro atoms. The highest BCUT2D eigenvalue weighted by Gasteiger charge is 2.52. The highest BCUT2D eigenvalue weighted by Crippen LogP contribution is 2.50. The van der Waals surface area contributed by atoms with Gasteiger partial charge in [-0.05, 0) is 34.8 Å². The number of hydrogen-bond acceptors (Lipinski definition) is 18. The van der Waals surface area contributed by atoms with E-state index in [1.807, 2.05) is 0 Å². The number of ether oxygens (including phenoxy) is 2. The van der Waals surface area contributed by atoms with E-state index >= 15 is 0 Å². The summed E-state index contributed by atoms with van der Waals surface area (Å²) in [6.07, 6.45) is -4.57. The Hall–Kier alpha value is -2.73. The lowest BCUT2D eigenvalue weighted by Crippen LogP contribution is -2.36. The molecule has 0 aliphatic carbocycles. The zero-order valence-electron chi connectivity index (χ0n) is 26.4. The molecule has 3 aliphatic rings. The van der Waals surface area contributed by atoms with Gasteiger partial charge in [-0.1, -0.05) is 0 Å². The molecule has 51 heavy (non-hydrogen) atoms. The van der Waals surface area contributed by atoms with Gasteiger partial charge in [0.1, 0.15) is 60.6 Å². The van der Waals surface area contributed by atoms with Gasteiger partial charge in [-0.25, -0.2) is 15.0 Å². The monoisotopic (exact) mass is 790 g/mol. The minimum Gasteiger partial charge on any atom is -0.395 e. The van der Waals surface area contributed by atoms with Crippen molar-refractivity contribution in [2.45, 2.75) is 68.5 Å². The summed E-state index contributed by atoms with van der Waals surface area (Å²) in [6.45, 7) is -5.20. The second kappa shape index (κ2) is 14.6. The van der Waals surface area contributed by atoms with E-state index < -0.39 is 81.8 Å². The van der Waals surface area contributed by atoms with Crippen LogP contribution in [0.2, 0.25) is 0 Å². The van der Waals surface area contributed by atoms with E-state index in [9.17, 15) is 34.7 Å². The molecule has 8 N–H and O–H groups in total. The Kier molecular flexibility index (Phi) is 10.5. The molecular weight excluding hydrogens is 756 g/mol. The van der Waals surface area contributed by atoms with Crippen LogP contribution >= 0.6 is 26.2 Å². The lowest BCUT2D eigenvalue weighted by Gasteiger charge is -2.26. The number of nitrogens with two attached hydrogens (primary N) is 1. The maximum Gasteiger partial charge on any atom is 0.582 e. The lowest BCUT2D eigenvalue weighted by atomic mass is 10.1. The molecule has 21 nitrogen and oxygen atoms in total. The molecule has 0 amide bonds. The molecule has 0 saturated carbocycles. The normalized spacial score (nSPS) is 29.3. The van der Waals surface area contributed by atoms with E-state index in [2.05, 4.69) is 37.5 Å². The average Bonchev–Trinajstić information content (AvgIpc) is 3.79. The van der Waals surface area contributed by atoms with Gasteiger partial charge in [-0.15, -0.1) is 4.52 Å². The lowest BCUT2D eigenvalue weighted by molar-refractivity contribution is -0.0537. The van der Waals surface area contributed by atoms with Gasteiger partial charge < -0.3 is 54.9 Å². The third kappa shape index (κ3) is 6.81. The topological polar surface area (TPSA) is 286 Å². The number of rotatable bonds is 12. The highest BCUT2D eigenvalue weighted by molar-refractivity contribution is 8.39. The second-order valence-corrected chi connectivity index (χ2v) is 16.4. The zero-order chi connectivity index (χ0) is 36.2. The van der Waals surface area contributed by atoms with Gasteiger partial charge in [0, 0.05) is 12.7 Å². The minimum absolute atomic E-state index is 0.0532. The minimum atomic E-state index is -4.25. The Morgan fingerprint density at radius 1 is 1.12 bits per heavy atom. The van der Waals surface area contributed by atoms with Crippen molar-refractivity contribution in [2.24, 2.45) is 0 Å². The maximum absolute atomic E-state index is 12.9. The molecule has 10 atom stereocenters. The predicted molar refractivity (Wildman–Crippen MR) is 183 cm³/mol. The summed E-state index contributed by atoms with van der Waals surface area (Å²) in [5.74, 6) is 0.425. The fourth-order valence-corrected chi connectivity index (χ4v) is 8.77. The van der Waals surface area contributed by atoms with Gasteiger partial charge >= 0.3 is 13.9 Å². The van der Waals surface area contributed by atoms with Gasteiger partial charge in [0.25, 0.3) is 5.56 Å². The van der Waals surface area contributed by atoms with Crippen molar-refractivity contribution in [1.29, 1.82) is 0 Å². The molecule has 25 heteroatoms. The van der Waals surface area contributed by atoms with Gasteiger partial charge in [0.15, 0.2) is 29.7 Å². The number of anilines is 2. The highest BCUT2D eigenvalue weighted by atomic mass is 32.7. The van der Waals surface area contributed by atoms with Gasteiger partial charge in [0.05, 0.1) is 38.1 Å². The molecule has 0 radical (unpaired) electrons. The molecule has 3 aliphatic heterocycles. The first-order valence-electron chi connectivity index (χ1n) is 15.6. The zero-order valence-corrected chi connectivity index (χ0v) is 29.9. The number of thiol groups is 1. The first-order chi connectivity index (χ1) is 24.4. The molecule has 7 heterocycles. The van der Waals surface area contributed by atoms with Crippen LogP contribution in [0, 0.1) is 0 Å². The van der Waals surface area contributed by atoms with Crippen molar-refractivity contribution in [3.05, 3.63) is 34.8 Å². The fraction of sp³-hybridized carbons (Fsp3) is 0.577. The molecule has 0 aromatic carbocycles. The number of nitrogens with zero attached hydrogens (tertiary/aromatic N) is 7. The summed E-state index contributed by atoms with van der Waals surface area (Å²) in [4.78, 5) is 41.1. The largest absolute Gasteiger partial charge is 0.582 e. The Labute approximate surface area is 298 Å². The third-order valence-corrected chi connectivity index (χ3v) is 11.1. The van der Waals surface area contributed by atoms with Crippen LogP contribution in [0.25, 0.3) is 22.2 Å². The maximum atomic E-state index is 12.9. The van der Waals surface area contributed by atoms with Crippen LogP contribution in [0.3, 0.4) is 0 Å². The summed E-state index contributed by atoms with van der Waals surface area (Å²) in [6, 6.07) is 0. The van der Waals surface area contributed by atoms with Crippen molar-refractivity contribution in [3.8, 4) is 0 Å². The van der Waals surface area contributed by atoms with Gasteiger partial charge in [0.2, 0.25) is 5.95 Å². The van der Waals surface area contributed by atoms with E-state index in [1.54, 1.807) is 10.8 Å². The fourth-order valence-electron chi connectivity index (χ4n) is 6.56. The standard InChI is InChI=1S/C26H33N9O12P2S2/c27-26-32-22-15(23(40)33(26)4-5-36)31-10-35(22)25-19(46-48(41)50)16(38)13(45-25)8-43-49(42,51)47-18-12(7-37)44-24(17(18)39)34-6-11-2-1-3-28-20-14(11)21(34)30-9-29-20/h6,9-10,12-13,16-19,24-25,36-39H,1-5,7-8H2,(H4-,27,28,29,30,32,40,41,42,50,51)/p+1/t12-,13-,16-,17-,18-,19-,24-,25-,49?/m1/s1. The van der Waals surface area contributed by atoms with Crippen molar-refractivity contribution in [1.82, 2.24) is 33.6 Å². The summed E-state index contributed by atoms with van der Waals surface area (Å²) >= 11 is 9.05. The second-order valence-electron chi connectivity index (χ2n) is 11.9. The summed E-state index contributed by atoms with van der Waals surface area (Å²) in [5.41, 5.74) is 6.56. The smallest absolute Gasteiger partial charge is 0.395 e. The molecule has 2 saturated heterocycles. The summed E-state index contributed by atoms with van der Waals surface area (Å²) < 4.78 is 44.5. The van der Waals surface area contributed by atoms with E-state index in [4.69, 9.17) is 40.6 Å². The van der Waals surface area contributed by atoms with Crippen molar-refractivity contribution in [2.75, 3.05) is 37.4 Å². The molecule has 0 bridgehead atoms. The van der Waals surface area contributed by atoms with Crippen molar-refractivity contribution < 1.29 is 52.9 Å². The Morgan fingerprint density at radius 3 is 2.65 bits per heavy atom. The quantitative estimate of drug-likeness (QED) is 0.0635. The number of aliphatic hydroxyl groups is 4. The molecule has 276 valence electrons. The average molecular weight is 791 g/mol. The van der Waals surface area contributed by atoms with E-state index in [0.717, 1.165) is 34.9 Å². The number of nitrogen functional groups attached to an aromatic ring is 1. The molecule has 4 aromatic heterocycles.